The predicted molar refractivity (Wildman–Crippen MR) is 114 cm³/mol. The number of nitrogens with zero attached hydrogens (tertiary/aromatic N) is 5. The van der Waals surface area contributed by atoms with Crippen LogP contribution in [0.3, 0.4) is 0 Å². The van der Waals surface area contributed by atoms with E-state index in [1.165, 1.54) is 30.1 Å². The van der Waals surface area contributed by atoms with Crippen molar-refractivity contribution in [3.8, 4) is 11.4 Å². The van der Waals surface area contributed by atoms with E-state index >= 15 is 0 Å². The molecule has 1 heterocycles. The third-order valence-corrected chi connectivity index (χ3v) is 5.21. The summed E-state index contributed by atoms with van der Waals surface area (Å²) in [4.78, 5) is 22.1. The third-order valence-electron chi connectivity index (χ3n) is 3.90. The molecule has 12 heteroatoms. The minimum Gasteiger partial charge on any atom is -0.350 e. The van der Waals surface area contributed by atoms with Crippen LogP contribution in [0.15, 0.2) is 57.6 Å². The summed E-state index contributed by atoms with van der Waals surface area (Å²) in [5.74, 6) is 0.648. The number of nitro benzene ring substituents is 1. The highest BCUT2D eigenvalue weighted by atomic mass is 35.5. The summed E-state index contributed by atoms with van der Waals surface area (Å²) >= 11 is 7.35. The number of nitrogens with one attached hydrogen (secondary N) is 1. The third kappa shape index (κ3) is 4.93. The van der Waals surface area contributed by atoms with Crippen LogP contribution in [0.2, 0.25) is 5.02 Å². The van der Waals surface area contributed by atoms with Crippen molar-refractivity contribution in [2.45, 2.75) is 23.5 Å². The van der Waals surface area contributed by atoms with E-state index in [2.05, 4.69) is 20.7 Å². The number of nitro groups is 1. The monoisotopic (exact) mass is 445 g/mol. The molecule has 3 N–H and O–H groups in total. The molecule has 0 saturated heterocycles. The molecule has 0 aliphatic heterocycles. The molecule has 0 bridgehead atoms. The summed E-state index contributed by atoms with van der Waals surface area (Å²) in [6.45, 7) is 2.55. The van der Waals surface area contributed by atoms with Crippen LogP contribution >= 0.6 is 23.4 Å². The number of aromatic nitrogens is 3. The lowest BCUT2D eigenvalue weighted by atomic mass is 10.2. The number of halogens is 1. The Balaban J connectivity index is 1.98. The number of non-ortho nitro benzene ring substituents is 1. The molecule has 1 aromatic heterocycles. The lowest BCUT2D eigenvalue weighted by Gasteiger charge is -2.09. The molecular weight excluding hydrogens is 430 g/mol. The molecule has 2 amide bonds. The Morgan fingerprint density at radius 2 is 2.17 bits per heavy atom. The van der Waals surface area contributed by atoms with Gasteiger partial charge < -0.3 is 10.3 Å². The predicted octanol–water partition coefficient (Wildman–Crippen LogP) is 3.68. The van der Waals surface area contributed by atoms with Gasteiger partial charge in [-0.2, -0.15) is 5.10 Å². The molecule has 154 valence electrons. The minimum absolute atomic E-state index is 0.114. The van der Waals surface area contributed by atoms with E-state index in [0.29, 0.717) is 33.0 Å². The largest absolute Gasteiger partial charge is 0.350 e. The van der Waals surface area contributed by atoms with E-state index in [-0.39, 0.29) is 5.69 Å². The maximum absolute atomic E-state index is 11.1. The van der Waals surface area contributed by atoms with Gasteiger partial charge in [-0.1, -0.05) is 23.7 Å². The molecule has 2 aromatic carbocycles. The van der Waals surface area contributed by atoms with E-state index in [1.807, 2.05) is 23.6 Å². The van der Waals surface area contributed by atoms with Gasteiger partial charge in [-0.25, -0.2) is 10.2 Å². The number of hydrogen-bond acceptors (Lipinski definition) is 7. The quantitative estimate of drug-likeness (QED) is 0.322. The zero-order chi connectivity index (χ0) is 21.7. The Hall–Kier alpha value is -3.44. The molecular formula is C18H16ClN7O3S. The number of nitrogens with two attached hydrogens (primary N) is 1. The molecule has 10 nitrogen and oxygen atoms in total. The van der Waals surface area contributed by atoms with Crippen molar-refractivity contribution >= 4 is 41.3 Å². The number of benzene rings is 2. The van der Waals surface area contributed by atoms with Crippen LogP contribution in [0, 0.1) is 10.1 Å². The number of hydrazone groups is 1. The SMILES string of the molecule is CCn1c(Sc2ccc([N+](=O)[O-])cc2/C=N\NC(N)=O)nnc1-c1cccc(Cl)c1. The van der Waals surface area contributed by atoms with Crippen molar-refractivity contribution in [3.63, 3.8) is 0 Å². The fourth-order valence-electron chi connectivity index (χ4n) is 2.60. The number of primary amides is 1. The molecule has 0 fully saturated rings. The average molecular weight is 446 g/mol. The van der Waals surface area contributed by atoms with Crippen LogP contribution in [0.5, 0.6) is 0 Å². The molecule has 0 unspecified atom stereocenters. The van der Waals surface area contributed by atoms with Gasteiger partial charge >= 0.3 is 6.03 Å². The highest BCUT2D eigenvalue weighted by molar-refractivity contribution is 7.99. The molecule has 0 atom stereocenters. The van der Waals surface area contributed by atoms with Crippen molar-refractivity contribution in [1.29, 1.82) is 0 Å². The Labute approximate surface area is 180 Å². The van der Waals surface area contributed by atoms with Crippen LogP contribution in [0.25, 0.3) is 11.4 Å². The van der Waals surface area contributed by atoms with Gasteiger partial charge in [0.2, 0.25) is 0 Å². The van der Waals surface area contributed by atoms with Crippen LogP contribution in [-0.4, -0.2) is 31.9 Å². The summed E-state index contributed by atoms with van der Waals surface area (Å²) in [7, 11) is 0. The first-order chi connectivity index (χ1) is 14.4. The fourth-order valence-corrected chi connectivity index (χ4v) is 3.76. The molecule has 3 rings (SSSR count). The number of amides is 2. The Kier molecular flexibility index (Phi) is 6.65. The molecule has 3 aromatic rings. The van der Waals surface area contributed by atoms with E-state index < -0.39 is 11.0 Å². The molecule has 0 radical (unpaired) electrons. The van der Waals surface area contributed by atoms with Crippen molar-refractivity contribution in [1.82, 2.24) is 20.2 Å². The van der Waals surface area contributed by atoms with E-state index in [4.69, 9.17) is 17.3 Å². The second-order valence-corrected chi connectivity index (χ2v) is 7.32. The summed E-state index contributed by atoms with van der Waals surface area (Å²) in [5, 5.41) is 24.5. The summed E-state index contributed by atoms with van der Waals surface area (Å²) < 4.78 is 1.90. The number of rotatable bonds is 7. The van der Waals surface area contributed by atoms with Crippen molar-refractivity contribution < 1.29 is 9.72 Å². The molecule has 30 heavy (non-hydrogen) atoms. The topological polar surface area (TPSA) is 141 Å². The van der Waals surface area contributed by atoms with Crippen LogP contribution in [0.4, 0.5) is 10.5 Å². The second kappa shape index (κ2) is 9.37. The maximum Gasteiger partial charge on any atom is 0.332 e. The Morgan fingerprint density at radius 3 is 2.83 bits per heavy atom. The van der Waals surface area contributed by atoms with Crippen LogP contribution < -0.4 is 11.2 Å². The van der Waals surface area contributed by atoms with Gasteiger partial charge in [-0.15, -0.1) is 10.2 Å². The zero-order valence-electron chi connectivity index (χ0n) is 15.7. The van der Waals surface area contributed by atoms with E-state index in [9.17, 15) is 14.9 Å². The summed E-state index contributed by atoms with van der Waals surface area (Å²) in [5.41, 5.74) is 8.19. The highest BCUT2D eigenvalue weighted by Gasteiger charge is 2.17. The van der Waals surface area contributed by atoms with Gasteiger partial charge in [0.1, 0.15) is 0 Å². The first-order valence-electron chi connectivity index (χ1n) is 8.63. The van der Waals surface area contributed by atoms with Gasteiger partial charge in [-0.05, 0) is 36.9 Å². The van der Waals surface area contributed by atoms with Gasteiger partial charge in [0.25, 0.3) is 5.69 Å². The lowest BCUT2D eigenvalue weighted by molar-refractivity contribution is -0.384. The number of hydrogen-bond donors (Lipinski definition) is 2. The highest BCUT2D eigenvalue weighted by Crippen LogP contribution is 2.33. The minimum atomic E-state index is -0.845. The van der Waals surface area contributed by atoms with Gasteiger partial charge in [0.15, 0.2) is 11.0 Å². The van der Waals surface area contributed by atoms with Crippen molar-refractivity contribution in [3.05, 3.63) is 63.2 Å². The van der Waals surface area contributed by atoms with Crippen molar-refractivity contribution in [2.24, 2.45) is 10.8 Å². The summed E-state index contributed by atoms with van der Waals surface area (Å²) in [6.07, 6.45) is 1.28. The second-order valence-electron chi connectivity index (χ2n) is 5.88. The fraction of sp³-hybridized carbons (Fsp3) is 0.111. The Morgan fingerprint density at radius 1 is 1.37 bits per heavy atom. The van der Waals surface area contributed by atoms with Gasteiger partial charge in [0.05, 0.1) is 11.1 Å². The number of carbonyl (C=O) groups is 1. The normalized spacial score (nSPS) is 11.0. The number of urea groups is 1. The van der Waals surface area contributed by atoms with Gasteiger partial charge in [-0.3, -0.25) is 10.1 Å². The maximum atomic E-state index is 11.1. The number of carbonyl (C=O) groups excluding carboxylic acids is 1. The van der Waals surface area contributed by atoms with E-state index in [0.717, 1.165) is 5.56 Å². The smallest absolute Gasteiger partial charge is 0.332 e. The molecule has 0 saturated carbocycles. The zero-order valence-corrected chi connectivity index (χ0v) is 17.2. The lowest BCUT2D eigenvalue weighted by Crippen LogP contribution is -2.24. The molecule has 0 aliphatic rings. The first kappa shape index (κ1) is 21.3. The van der Waals surface area contributed by atoms with Crippen LogP contribution in [-0.2, 0) is 6.54 Å². The van der Waals surface area contributed by atoms with E-state index in [1.54, 1.807) is 18.2 Å². The standard InChI is InChI=1S/C18H16ClN7O3S/c1-2-25-16(11-4-3-5-13(19)8-11)22-24-18(25)30-15-7-6-14(26(28)29)9-12(15)10-21-23-17(20)27/h3-10H,2H2,1H3,(H3,20,23,27)/b21-10-. The summed E-state index contributed by atoms with van der Waals surface area (Å²) in [6, 6.07) is 10.8. The van der Waals surface area contributed by atoms with Gasteiger partial charge in [0, 0.05) is 39.7 Å². The molecule has 0 spiro atoms. The Bertz CT molecular complexity index is 1130. The molecule has 0 aliphatic carbocycles. The average Bonchev–Trinajstić information content (AvgIpc) is 3.11. The van der Waals surface area contributed by atoms with Crippen LogP contribution in [0.1, 0.15) is 12.5 Å². The first-order valence-corrected chi connectivity index (χ1v) is 9.82. The van der Waals surface area contributed by atoms with Crippen molar-refractivity contribution in [2.75, 3.05) is 0 Å².